The molecule has 0 unspecified atom stereocenters. The molecule has 0 radical (unpaired) electrons. The molecule has 5 rings (SSSR count). The highest BCUT2D eigenvalue weighted by Gasteiger charge is 2.29. The van der Waals surface area contributed by atoms with Crippen LogP contribution in [-0.4, -0.2) is 77.0 Å². The van der Waals surface area contributed by atoms with Gasteiger partial charge in [-0.2, -0.15) is 0 Å². The highest BCUT2D eigenvalue weighted by Crippen LogP contribution is 2.42. The van der Waals surface area contributed by atoms with Gasteiger partial charge in [0.1, 0.15) is 11.4 Å². The van der Waals surface area contributed by atoms with Gasteiger partial charge in [-0.1, -0.05) is 47.5 Å². The number of para-hydroxylation sites is 1. The van der Waals surface area contributed by atoms with E-state index in [1.165, 1.54) is 7.11 Å². The zero-order valence-corrected chi connectivity index (χ0v) is 32.3. The zero-order valence-electron chi connectivity index (χ0n) is 30.8. The molecular formula is C39H46Cl2N6O6. The lowest BCUT2D eigenvalue weighted by atomic mass is 10.0. The molecule has 53 heavy (non-hydrogen) atoms. The van der Waals surface area contributed by atoms with Crippen molar-refractivity contribution in [3.63, 3.8) is 0 Å². The Hall–Kier alpha value is -4.62. The van der Waals surface area contributed by atoms with Gasteiger partial charge in [0, 0.05) is 60.5 Å². The highest BCUT2D eigenvalue weighted by atomic mass is 35.5. The molecule has 3 heterocycles. The first-order valence-corrected chi connectivity index (χ1v) is 18.1. The average Bonchev–Trinajstić information content (AvgIpc) is 3.52. The number of halogens is 2. The Morgan fingerprint density at radius 2 is 1.77 bits per heavy atom. The van der Waals surface area contributed by atoms with Crippen molar-refractivity contribution in [2.24, 2.45) is 0 Å². The zero-order chi connectivity index (χ0) is 38.3. The number of hydrogen-bond acceptors (Lipinski definition) is 10. The molecule has 0 saturated carbocycles. The van der Waals surface area contributed by atoms with Gasteiger partial charge in [0.25, 0.3) is 0 Å². The van der Waals surface area contributed by atoms with E-state index in [1.807, 2.05) is 48.5 Å². The molecule has 2 aromatic heterocycles. The van der Waals surface area contributed by atoms with Gasteiger partial charge in [-0.3, -0.25) is 9.78 Å². The molecule has 4 N–H and O–H groups in total. The molecule has 2 aromatic carbocycles. The number of rotatable bonds is 14. The number of aliphatic hydroxyl groups excluding tert-OH is 1. The molecule has 2 amide bonds. The highest BCUT2D eigenvalue weighted by molar-refractivity contribution is 6.39. The summed E-state index contributed by atoms with van der Waals surface area (Å²) in [4.78, 5) is 36.1. The van der Waals surface area contributed by atoms with Crippen LogP contribution < -0.4 is 25.4 Å². The van der Waals surface area contributed by atoms with Gasteiger partial charge < -0.3 is 40.2 Å². The van der Waals surface area contributed by atoms with E-state index in [-0.39, 0.29) is 25.0 Å². The number of amides is 2. The summed E-state index contributed by atoms with van der Waals surface area (Å²) in [7, 11) is 3.12. The van der Waals surface area contributed by atoms with Crippen LogP contribution in [0.3, 0.4) is 0 Å². The maximum Gasteiger partial charge on any atom is 0.410 e. The van der Waals surface area contributed by atoms with E-state index >= 15 is 0 Å². The second-order valence-electron chi connectivity index (χ2n) is 13.8. The molecule has 1 fully saturated rings. The summed E-state index contributed by atoms with van der Waals surface area (Å²) in [5, 5.41) is 19.9. The first kappa shape index (κ1) is 39.6. The standard InChI is InChI=1S/C39H46Cl2N6O6/c1-23(48)19-42-20-24-9-7-12-31(36(24)51-5)45-30-11-8-10-28(33(30)40)35-34(41)27(17-18-43-35)29-15-13-25(37(46-29)52-6)21-47(38(50)53-39(2,3)4)22-26-14-16-32(49)44-26/h7-13,15,17-18,23,26,42,45,48H,14,16,19-22H2,1-6H3,(H,44,49)/t23-,26-/m0/s1. The van der Waals surface area contributed by atoms with Crippen LogP contribution in [-0.2, 0) is 22.6 Å². The summed E-state index contributed by atoms with van der Waals surface area (Å²) in [6, 6.07) is 16.5. The van der Waals surface area contributed by atoms with Gasteiger partial charge in [0.2, 0.25) is 11.8 Å². The van der Waals surface area contributed by atoms with E-state index in [9.17, 15) is 14.7 Å². The van der Waals surface area contributed by atoms with E-state index in [2.05, 4.69) is 20.9 Å². The molecule has 2 atom stereocenters. The number of nitrogens with one attached hydrogen (secondary N) is 3. The van der Waals surface area contributed by atoms with Gasteiger partial charge in [-0.25, -0.2) is 9.78 Å². The van der Waals surface area contributed by atoms with Crippen LogP contribution in [0.25, 0.3) is 22.5 Å². The fourth-order valence-electron chi connectivity index (χ4n) is 6.00. The Morgan fingerprint density at radius 3 is 2.45 bits per heavy atom. The van der Waals surface area contributed by atoms with Crippen molar-refractivity contribution in [3.8, 4) is 34.1 Å². The van der Waals surface area contributed by atoms with Crippen molar-refractivity contribution >= 4 is 46.6 Å². The fourth-order valence-corrected chi connectivity index (χ4v) is 6.57. The number of aromatic nitrogens is 2. The number of benzene rings is 2. The Balaban J connectivity index is 1.42. The monoisotopic (exact) mass is 764 g/mol. The summed E-state index contributed by atoms with van der Waals surface area (Å²) in [6.07, 6.45) is 1.71. The normalized spacial score (nSPS) is 14.7. The van der Waals surface area contributed by atoms with Gasteiger partial charge in [0.05, 0.1) is 59.7 Å². The van der Waals surface area contributed by atoms with Crippen LogP contribution >= 0.6 is 23.2 Å². The van der Waals surface area contributed by atoms with Crippen molar-refractivity contribution in [2.45, 2.75) is 71.4 Å². The molecule has 12 nitrogen and oxygen atoms in total. The minimum atomic E-state index is -0.704. The number of pyridine rings is 2. The summed E-state index contributed by atoms with van der Waals surface area (Å²) in [5.41, 5.74) is 4.39. The second-order valence-corrected chi connectivity index (χ2v) is 14.6. The summed E-state index contributed by atoms with van der Waals surface area (Å²) < 4.78 is 17.2. The molecule has 1 saturated heterocycles. The predicted octanol–water partition coefficient (Wildman–Crippen LogP) is 7.36. The van der Waals surface area contributed by atoms with Crippen molar-refractivity contribution in [3.05, 3.63) is 82.0 Å². The third-order valence-corrected chi connectivity index (χ3v) is 9.21. The molecule has 0 aliphatic carbocycles. The Kier molecular flexibility index (Phi) is 13.0. The third kappa shape index (κ3) is 10.1. The topological polar surface area (TPSA) is 147 Å². The Bertz CT molecular complexity index is 1940. The van der Waals surface area contributed by atoms with E-state index in [0.717, 1.165) is 5.56 Å². The summed E-state index contributed by atoms with van der Waals surface area (Å²) in [5.74, 6) is 0.917. The third-order valence-electron chi connectivity index (χ3n) is 8.42. The fraction of sp³-hybridized carbons (Fsp3) is 0.385. The van der Waals surface area contributed by atoms with E-state index in [1.54, 1.807) is 52.0 Å². The minimum Gasteiger partial charge on any atom is -0.494 e. The van der Waals surface area contributed by atoms with Crippen molar-refractivity contribution in [1.82, 2.24) is 25.5 Å². The summed E-state index contributed by atoms with van der Waals surface area (Å²) >= 11 is 14.1. The molecule has 4 aromatic rings. The lowest BCUT2D eigenvalue weighted by molar-refractivity contribution is -0.119. The first-order chi connectivity index (χ1) is 25.3. The van der Waals surface area contributed by atoms with E-state index in [0.29, 0.717) is 87.1 Å². The van der Waals surface area contributed by atoms with Crippen molar-refractivity contribution in [1.29, 1.82) is 0 Å². The largest absolute Gasteiger partial charge is 0.494 e. The van der Waals surface area contributed by atoms with Crippen LogP contribution in [0.4, 0.5) is 16.2 Å². The number of carbonyl (C=O) groups is 2. The SMILES string of the molecule is COc1nc(-c2ccnc(-c3cccc(Nc4cccc(CNC[C@H](C)O)c4OC)c3Cl)c2Cl)ccc1CN(C[C@@H]1CCC(=O)N1)C(=O)OC(C)(C)C. The lowest BCUT2D eigenvalue weighted by Gasteiger charge is -2.29. The maximum atomic E-state index is 13.3. The van der Waals surface area contributed by atoms with Crippen LogP contribution in [0.2, 0.25) is 10.0 Å². The molecule has 282 valence electrons. The number of methoxy groups -OCH3 is 2. The Labute approximate surface area is 320 Å². The van der Waals surface area contributed by atoms with Gasteiger partial charge in [0.15, 0.2) is 0 Å². The smallest absolute Gasteiger partial charge is 0.410 e. The van der Waals surface area contributed by atoms with Gasteiger partial charge in [-0.05, 0) is 64.4 Å². The Morgan fingerprint density at radius 1 is 1.02 bits per heavy atom. The quantitative estimate of drug-likeness (QED) is 0.103. The van der Waals surface area contributed by atoms with Gasteiger partial charge >= 0.3 is 6.09 Å². The minimum absolute atomic E-state index is 0.0376. The summed E-state index contributed by atoms with van der Waals surface area (Å²) in [6.45, 7) is 8.52. The van der Waals surface area contributed by atoms with Crippen molar-refractivity contribution < 1.29 is 28.9 Å². The van der Waals surface area contributed by atoms with Gasteiger partial charge in [-0.15, -0.1) is 0 Å². The molecule has 1 aliphatic heterocycles. The number of carbonyl (C=O) groups excluding carboxylic acids is 2. The lowest BCUT2D eigenvalue weighted by Crippen LogP contribution is -2.43. The van der Waals surface area contributed by atoms with E-state index < -0.39 is 17.8 Å². The van der Waals surface area contributed by atoms with Crippen molar-refractivity contribution in [2.75, 3.05) is 32.6 Å². The van der Waals surface area contributed by atoms with Crippen LogP contribution in [0, 0.1) is 0 Å². The number of nitrogens with zero attached hydrogens (tertiary/aromatic N) is 3. The maximum absolute atomic E-state index is 13.3. The second kappa shape index (κ2) is 17.5. The number of anilines is 2. The number of hydrogen-bond donors (Lipinski definition) is 4. The van der Waals surface area contributed by atoms with Crippen LogP contribution in [0.5, 0.6) is 11.6 Å². The van der Waals surface area contributed by atoms with Crippen LogP contribution in [0.15, 0.2) is 60.8 Å². The number of ether oxygens (including phenoxy) is 3. The van der Waals surface area contributed by atoms with E-state index in [4.69, 9.17) is 42.4 Å². The molecule has 0 bridgehead atoms. The molecular weight excluding hydrogens is 719 g/mol. The van der Waals surface area contributed by atoms with Crippen LogP contribution in [0.1, 0.15) is 51.7 Å². The average molecular weight is 766 g/mol. The number of aliphatic hydroxyl groups is 1. The molecule has 14 heteroatoms. The molecule has 0 spiro atoms. The molecule has 1 aliphatic rings. The first-order valence-electron chi connectivity index (χ1n) is 17.3. The predicted molar refractivity (Wildman–Crippen MR) is 207 cm³/mol.